The van der Waals surface area contributed by atoms with E-state index in [-0.39, 0.29) is 0 Å². The van der Waals surface area contributed by atoms with E-state index in [1.807, 2.05) is 0 Å². The van der Waals surface area contributed by atoms with E-state index in [0.29, 0.717) is 5.92 Å². The van der Waals surface area contributed by atoms with E-state index < -0.39 is 7.26 Å². The van der Waals surface area contributed by atoms with E-state index in [0.717, 1.165) is 24.8 Å². The summed E-state index contributed by atoms with van der Waals surface area (Å²) in [6.45, 7) is 17.3. The van der Waals surface area contributed by atoms with Gasteiger partial charge in [0.1, 0.15) is 0 Å². The van der Waals surface area contributed by atoms with E-state index >= 15 is 0 Å². The van der Waals surface area contributed by atoms with Gasteiger partial charge in [0.2, 0.25) is 0 Å². The van der Waals surface area contributed by atoms with Gasteiger partial charge in [0.25, 0.3) is 0 Å². The maximum absolute atomic E-state index is 5.92. The van der Waals surface area contributed by atoms with Crippen molar-refractivity contribution in [3.05, 3.63) is 0 Å². The fourth-order valence-electron chi connectivity index (χ4n) is 2.57. The Morgan fingerprint density at radius 1 is 0.938 bits per heavy atom. The van der Waals surface area contributed by atoms with Crippen LogP contribution < -0.4 is 0 Å². The monoisotopic (exact) mass is 248 g/mol. The van der Waals surface area contributed by atoms with Crippen LogP contribution in [-0.2, 0) is 4.74 Å². The van der Waals surface area contributed by atoms with Gasteiger partial charge in [0.15, 0.2) is 0 Å². The summed E-state index contributed by atoms with van der Waals surface area (Å²) in [7, 11) is -1.10. The fraction of sp³-hybridized carbons (Fsp3) is 1.00. The van der Waals surface area contributed by atoms with Gasteiger partial charge in [-0.3, -0.25) is 0 Å². The van der Waals surface area contributed by atoms with Crippen LogP contribution >= 0.6 is 7.26 Å². The second-order valence-electron chi connectivity index (χ2n) is 7.01. The van der Waals surface area contributed by atoms with Crippen molar-refractivity contribution in [1.29, 1.82) is 0 Å². The Morgan fingerprint density at radius 2 is 1.50 bits per heavy atom. The van der Waals surface area contributed by atoms with Crippen LogP contribution in [0.2, 0.25) is 0 Å². The Kier molecular flexibility index (Phi) is 7.85. The standard InChI is InChI=1S/C14H33OP/c1-12(2)8-14(5)9-15-11-16(6,7)10-13(3)4/h12-14,16H,8-11H2,1-7H3. The van der Waals surface area contributed by atoms with Gasteiger partial charge in [0, 0.05) is 0 Å². The molecule has 16 heavy (non-hydrogen) atoms. The summed E-state index contributed by atoms with van der Waals surface area (Å²) in [6.07, 6.45) is 3.70. The Hall–Kier alpha value is 0.390. The van der Waals surface area contributed by atoms with E-state index in [1.165, 1.54) is 12.6 Å². The summed E-state index contributed by atoms with van der Waals surface area (Å²) in [4.78, 5) is 0. The van der Waals surface area contributed by atoms with Gasteiger partial charge >= 0.3 is 103 Å². The van der Waals surface area contributed by atoms with Crippen LogP contribution in [0.4, 0.5) is 0 Å². The van der Waals surface area contributed by atoms with Gasteiger partial charge < -0.3 is 0 Å². The van der Waals surface area contributed by atoms with Gasteiger partial charge in [-0.15, -0.1) is 0 Å². The van der Waals surface area contributed by atoms with Gasteiger partial charge in [-0.05, 0) is 0 Å². The third-order valence-electron chi connectivity index (χ3n) is 2.73. The van der Waals surface area contributed by atoms with Crippen LogP contribution in [0.15, 0.2) is 0 Å². The molecule has 1 atom stereocenters. The molecule has 0 heterocycles. The van der Waals surface area contributed by atoms with E-state index in [1.54, 1.807) is 0 Å². The van der Waals surface area contributed by atoms with Crippen LogP contribution in [0, 0.1) is 17.8 Å². The zero-order valence-electron chi connectivity index (χ0n) is 12.5. The molecule has 0 aliphatic carbocycles. The van der Waals surface area contributed by atoms with Crippen molar-refractivity contribution in [2.24, 2.45) is 17.8 Å². The molecule has 0 saturated heterocycles. The molecule has 0 aromatic heterocycles. The Labute approximate surface area is 104 Å². The molecule has 0 fully saturated rings. The van der Waals surface area contributed by atoms with Crippen LogP contribution in [-0.4, -0.2) is 32.4 Å². The van der Waals surface area contributed by atoms with Crippen molar-refractivity contribution in [3.8, 4) is 0 Å². The number of ether oxygens (including phenoxy) is 1. The number of hydrogen-bond donors (Lipinski definition) is 0. The molecular formula is C14H33OP. The molecule has 1 nitrogen and oxygen atoms in total. The first-order valence-corrected chi connectivity index (χ1v) is 10.2. The third-order valence-corrected chi connectivity index (χ3v) is 5.64. The third kappa shape index (κ3) is 9.60. The zero-order chi connectivity index (χ0) is 12.8. The molecule has 0 N–H and O–H groups in total. The summed E-state index contributed by atoms with van der Waals surface area (Å²) < 4.78 is 5.92. The van der Waals surface area contributed by atoms with Crippen molar-refractivity contribution in [2.75, 3.05) is 32.4 Å². The number of hydrogen-bond acceptors (Lipinski definition) is 1. The molecule has 1 unspecified atom stereocenters. The van der Waals surface area contributed by atoms with E-state index in [9.17, 15) is 0 Å². The first-order valence-electron chi connectivity index (χ1n) is 6.80. The Balaban J connectivity index is 3.71. The van der Waals surface area contributed by atoms with Gasteiger partial charge in [0.05, 0.1) is 0 Å². The average Bonchev–Trinajstić information content (AvgIpc) is 1.98. The van der Waals surface area contributed by atoms with Gasteiger partial charge in [-0.25, -0.2) is 0 Å². The molecule has 0 bridgehead atoms. The van der Waals surface area contributed by atoms with Crippen molar-refractivity contribution in [2.45, 2.75) is 41.0 Å². The SMILES string of the molecule is CC(C)CC(C)COC[PH](C)(C)CC(C)C. The topological polar surface area (TPSA) is 9.23 Å². The summed E-state index contributed by atoms with van der Waals surface area (Å²) in [6, 6.07) is 0. The summed E-state index contributed by atoms with van der Waals surface area (Å²) >= 11 is 0. The van der Waals surface area contributed by atoms with Crippen molar-refractivity contribution >= 4 is 7.26 Å². The van der Waals surface area contributed by atoms with Crippen LogP contribution in [0.25, 0.3) is 0 Å². The molecule has 0 rings (SSSR count). The molecule has 0 saturated carbocycles. The average molecular weight is 248 g/mol. The second-order valence-corrected chi connectivity index (χ2v) is 12.0. The predicted molar refractivity (Wildman–Crippen MR) is 79.3 cm³/mol. The molecule has 0 aliphatic heterocycles. The summed E-state index contributed by atoms with van der Waals surface area (Å²) in [5.41, 5.74) is 0. The van der Waals surface area contributed by atoms with E-state index in [4.69, 9.17) is 4.74 Å². The predicted octanol–water partition coefficient (Wildman–Crippen LogP) is 4.31. The molecular weight excluding hydrogens is 215 g/mol. The quantitative estimate of drug-likeness (QED) is 0.582. The van der Waals surface area contributed by atoms with Gasteiger partial charge in [-0.1, -0.05) is 0 Å². The zero-order valence-corrected chi connectivity index (χ0v) is 13.5. The normalized spacial score (nSPS) is 15.8. The first kappa shape index (κ1) is 16.4. The summed E-state index contributed by atoms with van der Waals surface area (Å²) in [5, 5.41) is 0. The van der Waals surface area contributed by atoms with Crippen molar-refractivity contribution in [3.63, 3.8) is 0 Å². The van der Waals surface area contributed by atoms with Crippen molar-refractivity contribution in [1.82, 2.24) is 0 Å². The molecule has 2 heteroatoms. The first-order chi connectivity index (χ1) is 7.23. The second kappa shape index (κ2) is 7.67. The minimum atomic E-state index is -1.10. The molecule has 0 spiro atoms. The molecule has 0 aromatic rings. The molecule has 0 aromatic carbocycles. The van der Waals surface area contributed by atoms with Crippen molar-refractivity contribution < 1.29 is 4.74 Å². The summed E-state index contributed by atoms with van der Waals surface area (Å²) in [5.74, 6) is 2.32. The van der Waals surface area contributed by atoms with E-state index in [2.05, 4.69) is 47.9 Å². The Bertz CT molecular complexity index is 176. The Morgan fingerprint density at radius 3 is 1.94 bits per heavy atom. The number of rotatable bonds is 8. The maximum atomic E-state index is 5.92. The fourth-order valence-corrected chi connectivity index (χ4v) is 5.57. The molecule has 0 amide bonds. The van der Waals surface area contributed by atoms with Crippen LogP contribution in [0.3, 0.4) is 0 Å². The molecule has 100 valence electrons. The van der Waals surface area contributed by atoms with Crippen LogP contribution in [0.5, 0.6) is 0 Å². The molecule has 0 radical (unpaired) electrons. The molecule has 0 aliphatic rings. The minimum absolute atomic E-state index is 0.712. The van der Waals surface area contributed by atoms with Gasteiger partial charge in [-0.2, -0.15) is 0 Å². The van der Waals surface area contributed by atoms with Crippen LogP contribution in [0.1, 0.15) is 41.0 Å².